The van der Waals surface area contributed by atoms with Crippen LogP contribution in [0, 0.1) is 0 Å². The standard InChI is InChI=1S/C13H19N3O4/c1-19-8-7-16(6-5-12(17)20-2)11-4-3-10(9-15-11)13(14)18/h3-4,9H,5-8H2,1-2H3,(H2,14,18). The van der Waals surface area contributed by atoms with Crippen molar-refractivity contribution in [2.75, 3.05) is 38.8 Å². The molecule has 0 aliphatic rings. The van der Waals surface area contributed by atoms with Crippen LogP contribution in [-0.4, -0.2) is 50.8 Å². The molecule has 0 aliphatic carbocycles. The van der Waals surface area contributed by atoms with Gasteiger partial charge in [0, 0.05) is 26.4 Å². The average molecular weight is 281 g/mol. The van der Waals surface area contributed by atoms with E-state index in [0.717, 1.165) is 0 Å². The number of hydrogen-bond acceptors (Lipinski definition) is 6. The number of aromatic nitrogens is 1. The predicted molar refractivity (Wildman–Crippen MR) is 73.5 cm³/mol. The number of pyridine rings is 1. The lowest BCUT2D eigenvalue weighted by molar-refractivity contribution is -0.140. The van der Waals surface area contributed by atoms with Gasteiger partial charge in [-0.3, -0.25) is 9.59 Å². The number of primary amides is 1. The molecule has 110 valence electrons. The molecule has 0 fully saturated rings. The Hall–Kier alpha value is -2.15. The first-order chi connectivity index (χ1) is 9.58. The summed E-state index contributed by atoms with van der Waals surface area (Å²) in [4.78, 5) is 28.3. The Kier molecular flexibility index (Phi) is 6.45. The first-order valence-corrected chi connectivity index (χ1v) is 6.15. The van der Waals surface area contributed by atoms with E-state index < -0.39 is 5.91 Å². The summed E-state index contributed by atoms with van der Waals surface area (Å²) in [5.41, 5.74) is 5.50. The van der Waals surface area contributed by atoms with Gasteiger partial charge in [-0.2, -0.15) is 0 Å². The van der Waals surface area contributed by atoms with Crippen molar-refractivity contribution in [3.63, 3.8) is 0 Å². The van der Waals surface area contributed by atoms with Gasteiger partial charge in [0.25, 0.3) is 0 Å². The molecule has 0 spiro atoms. The van der Waals surface area contributed by atoms with Crippen LogP contribution in [0.1, 0.15) is 16.8 Å². The Labute approximate surface area is 117 Å². The molecule has 1 aromatic rings. The number of hydrogen-bond donors (Lipinski definition) is 1. The minimum atomic E-state index is -0.526. The van der Waals surface area contributed by atoms with Gasteiger partial charge < -0.3 is 20.1 Å². The lowest BCUT2D eigenvalue weighted by Gasteiger charge is -2.22. The van der Waals surface area contributed by atoms with E-state index in [1.54, 1.807) is 19.2 Å². The van der Waals surface area contributed by atoms with Gasteiger partial charge in [0.2, 0.25) is 5.91 Å². The molecule has 0 radical (unpaired) electrons. The van der Waals surface area contributed by atoms with Crippen molar-refractivity contribution < 1.29 is 19.1 Å². The Morgan fingerprint density at radius 2 is 2.05 bits per heavy atom. The lowest BCUT2D eigenvalue weighted by atomic mass is 10.2. The molecule has 2 N–H and O–H groups in total. The summed E-state index contributed by atoms with van der Waals surface area (Å²) >= 11 is 0. The van der Waals surface area contributed by atoms with Gasteiger partial charge in [-0.15, -0.1) is 0 Å². The topological polar surface area (TPSA) is 94.7 Å². The zero-order chi connectivity index (χ0) is 15.0. The van der Waals surface area contributed by atoms with Gasteiger partial charge in [-0.25, -0.2) is 4.98 Å². The number of anilines is 1. The van der Waals surface area contributed by atoms with Crippen molar-refractivity contribution in [1.82, 2.24) is 4.98 Å². The maximum absolute atomic E-state index is 11.2. The number of carbonyl (C=O) groups excluding carboxylic acids is 2. The molecule has 1 aromatic heterocycles. The number of rotatable bonds is 8. The maximum atomic E-state index is 11.2. The van der Waals surface area contributed by atoms with E-state index in [2.05, 4.69) is 9.72 Å². The Morgan fingerprint density at radius 1 is 1.30 bits per heavy atom. The molecule has 0 aliphatic heterocycles. The Balaban J connectivity index is 2.75. The Bertz CT molecular complexity index is 447. The van der Waals surface area contributed by atoms with Crippen LogP contribution in [0.25, 0.3) is 0 Å². The molecule has 0 bridgehead atoms. The fraction of sp³-hybridized carbons (Fsp3) is 0.462. The number of nitrogens with two attached hydrogens (primary N) is 1. The predicted octanol–water partition coefficient (Wildman–Crippen LogP) is 0.196. The molecule has 0 saturated heterocycles. The van der Waals surface area contributed by atoms with Crippen LogP contribution < -0.4 is 10.6 Å². The minimum Gasteiger partial charge on any atom is -0.469 e. The average Bonchev–Trinajstić information content (AvgIpc) is 2.47. The Morgan fingerprint density at radius 3 is 2.55 bits per heavy atom. The molecule has 0 aromatic carbocycles. The maximum Gasteiger partial charge on any atom is 0.307 e. The summed E-state index contributed by atoms with van der Waals surface area (Å²) in [6.45, 7) is 1.54. The van der Waals surface area contributed by atoms with Crippen LogP contribution in [0.4, 0.5) is 5.82 Å². The van der Waals surface area contributed by atoms with Gasteiger partial charge in [0.1, 0.15) is 5.82 Å². The van der Waals surface area contributed by atoms with E-state index in [0.29, 0.717) is 31.1 Å². The molecule has 1 amide bonds. The fourth-order valence-corrected chi connectivity index (χ4v) is 1.59. The quantitative estimate of drug-likeness (QED) is 0.684. The molecule has 1 heterocycles. The van der Waals surface area contributed by atoms with Crippen LogP contribution in [-0.2, 0) is 14.3 Å². The third kappa shape index (κ3) is 4.85. The van der Waals surface area contributed by atoms with Crippen molar-refractivity contribution in [2.45, 2.75) is 6.42 Å². The largest absolute Gasteiger partial charge is 0.469 e. The lowest BCUT2D eigenvalue weighted by Crippen LogP contribution is -2.30. The highest BCUT2D eigenvalue weighted by molar-refractivity contribution is 5.92. The highest BCUT2D eigenvalue weighted by Gasteiger charge is 2.11. The van der Waals surface area contributed by atoms with Crippen molar-refractivity contribution in [1.29, 1.82) is 0 Å². The van der Waals surface area contributed by atoms with E-state index >= 15 is 0 Å². The SMILES string of the molecule is COCCN(CCC(=O)OC)c1ccc(C(N)=O)cn1. The molecule has 0 unspecified atom stereocenters. The van der Waals surface area contributed by atoms with Crippen molar-refractivity contribution in [3.05, 3.63) is 23.9 Å². The number of amides is 1. The van der Waals surface area contributed by atoms with Gasteiger partial charge in [0.15, 0.2) is 0 Å². The zero-order valence-corrected chi connectivity index (χ0v) is 11.7. The minimum absolute atomic E-state index is 0.249. The van der Waals surface area contributed by atoms with Crippen LogP contribution >= 0.6 is 0 Å². The zero-order valence-electron chi connectivity index (χ0n) is 11.7. The normalized spacial score (nSPS) is 10.1. The molecular formula is C13H19N3O4. The number of esters is 1. The monoisotopic (exact) mass is 281 g/mol. The van der Waals surface area contributed by atoms with Gasteiger partial charge >= 0.3 is 5.97 Å². The second-order valence-electron chi connectivity index (χ2n) is 4.08. The van der Waals surface area contributed by atoms with Crippen molar-refractivity contribution in [3.8, 4) is 0 Å². The second kappa shape index (κ2) is 8.11. The van der Waals surface area contributed by atoms with E-state index in [-0.39, 0.29) is 12.4 Å². The molecular weight excluding hydrogens is 262 g/mol. The number of methoxy groups -OCH3 is 2. The summed E-state index contributed by atoms with van der Waals surface area (Å²) in [6, 6.07) is 3.29. The van der Waals surface area contributed by atoms with E-state index in [1.807, 2.05) is 4.90 Å². The third-order valence-electron chi connectivity index (χ3n) is 2.74. The smallest absolute Gasteiger partial charge is 0.307 e. The summed E-state index contributed by atoms with van der Waals surface area (Å²) in [6.07, 6.45) is 1.66. The van der Waals surface area contributed by atoms with Crippen LogP contribution in [0.3, 0.4) is 0 Å². The van der Waals surface area contributed by atoms with Gasteiger partial charge in [-0.1, -0.05) is 0 Å². The van der Waals surface area contributed by atoms with Crippen LogP contribution in [0.5, 0.6) is 0 Å². The molecule has 7 nitrogen and oxygen atoms in total. The molecule has 7 heteroatoms. The van der Waals surface area contributed by atoms with E-state index in [1.165, 1.54) is 13.3 Å². The van der Waals surface area contributed by atoms with Crippen molar-refractivity contribution >= 4 is 17.7 Å². The van der Waals surface area contributed by atoms with Crippen LogP contribution in [0.15, 0.2) is 18.3 Å². The first-order valence-electron chi connectivity index (χ1n) is 6.15. The molecule has 0 atom stereocenters. The summed E-state index contributed by atoms with van der Waals surface area (Å²) in [5, 5.41) is 0. The fourth-order valence-electron chi connectivity index (χ4n) is 1.59. The number of carbonyl (C=O) groups is 2. The first kappa shape index (κ1) is 15.9. The van der Waals surface area contributed by atoms with Crippen LogP contribution in [0.2, 0.25) is 0 Å². The molecule has 1 rings (SSSR count). The summed E-state index contributed by atoms with van der Waals surface area (Å²) in [7, 11) is 2.95. The summed E-state index contributed by atoms with van der Waals surface area (Å²) in [5.74, 6) is -0.167. The summed E-state index contributed by atoms with van der Waals surface area (Å²) < 4.78 is 9.64. The highest BCUT2D eigenvalue weighted by Crippen LogP contribution is 2.12. The number of ether oxygens (including phenoxy) is 2. The molecule has 20 heavy (non-hydrogen) atoms. The highest BCUT2D eigenvalue weighted by atomic mass is 16.5. The second-order valence-corrected chi connectivity index (χ2v) is 4.08. The number of nitrogens with zero attached hydrogens (tertiary/aromatic N) is 2. The van der Waals surface area contributed by atoms with Gasteiger partial charge in [0.05, 0.1) is 25.7 Å². The van der Waals surface area contributed by atoms with Gasteiger partial charge in [-0.05, 0) is 12.1 Å². The third-order valence-corrected chi connectivity index (χ3v) is 2.74. The van der Waals surface area contributed by atoms with Crippen molar-refractivity contribution in [2.24, 2.45) is 5.73 Å². The van der Waals surface area contributed by atoms with E-state index in [4.69, 9.17) is 10.5 Å². The molecule has 0 saturated carbocycles. The van der Waals surface area contributed by atoms with E-state index in [9.17, 15) is 9.59 Å².